The van der Waals surface area contributed by atoms with Crippen LogP contribution in [0.1, 0.15) is 0 Å². The van der Waals surface area contributed by atoms with Crippen molar-refractivity contribution in [2.24, 2.45) is 0 Å². The van der Waals surface area contributed by atoms with E-state index in [0.717, 1.165) is 18.2 Å². The summed E-state index contributed by atoms with van der Waals surface area (Å²) in [6, 6.07) is 5.59. The van der Waals surface area contributed by atoms with Crippen molar-refractivity contribution in [1.29, 1.82) is 0 Å². The molecule has 0 aliphatic carbocycles. The first kappa shape index (κ1) is 13.0. The van der Waals surface area contributed by atoms with Crippen LogP contribution in [0, 0.1) is 17.5 Å². The Morgan fingerprint density at radius 1 is 1.00 bits per heavy atom. The van der Waals surface area contributed by atoms with Gasteiger partial charge in [-0.15, -0.1) is 0 Å². The van der Waals surface area contributed by atoms with Gasteiger partial charge in [0, 0.05) is 12.1 Å². The summed E-state index contributed by atoms with van der Waals surface area (Å²) in [5, 5.41) is 0. The fraction of sp³-hybridized carbons (Fsp3) is 0. The van der Waals surface area contributed by atoms with Crippen molar-refractivity contribution >= 4 is 32.9 Å². The molecule has 1 heterocycles. The predicted octanol–water partition coefficient (Wildman–Crippen LogP) is 3.79. The van der Waals surface area contributed by atoms with Gasteiger partial charge in [-0.1, -0.05) is 0 Å². The van der Waals surface area contributed by atoms with Crippen LogP contribution in [0.2, 0.25) is 0 Å². The highest BCUT2D eigenvalue weighted by molar-refractivity contribution is 9.10. The van der Waals surface area contributed by atoms with E-state index in [9.17, 15) is 13.2 Å². The topological polar surface area (TPSA) is 43.8 Å². The van der Waals surface area contributed by atoms with E-state index in [0.29, 0.717) is 11.0 Å². The minimum atomic E-state index is -0.751. The van der Waals surface area contributed by atoms with E-state index in [1.165, 1.54) is 16.7 Å². The molecule has 0 fully saturated rings. The third-order valence-corrected chi connectivity index (χ3v) is 3.44. The van der Waals surface area contributed by atoms with Gasteiger partial charge in [-0.2, -0.15) is 0 Å². The van der Waals surface area contributed by atoms with E-state index in [2.05, 4.69) is 20.9 Å². The van der Waals surface area contributed by atoms with Crippen LogP contribution in [0.4, 0.5) is 19.1 Å². The number of anilines is 1. The highest BCUT2D eigenvalue weighted by atomic mass is 79.9. The van der Waals surface area contributed by atoms with Crippen molar-refractivity contribution in [2.45, 2.75) is 0 Å². The first-order valence-corrected chi connectivity index (χ1v) is 6.34. The molecular formula is C13H7BrF3N3. The lowest BCUT2D eigenvalue weighted by Crippen LogP contribution is -2.01. The number of aromatic nitrogens is 2. The molecule has 102 valence electrons. The summed E-state index contributed by atoms with van der Waals surface area (Å²) in [5.74, 6) is -2.00. The number of nitrogens with zero attached hydrogens (tertiary/aromatic N) is 2. The number of nitrogen functional groups attached to an aromatic ring is 1. The summed E-state index contributed by atoms with van der Waals surface area (Å²) in [4.78, 5) is 4.05. The van der Waals surface area contributed by atoms with Gasteiger partial charge in [0.1, 0.15) is 17.5 Å². The summed E-state index contributed by atoms with van der Waals surface area (Å²) in [6.45, 7) is 0. The van der Waals surface area contributed by atoms with Crippen molar-refractivity contribution in [3.05, 3.63) is 52.3 Å². The lowest BCUT2D eigenvalue weighted by molar-refractivity contribution is 0.582. The smallest absolute Gasteiger partial charge is 0.205 e. The molecule has 0 saturated carbocycles. The zero-order valence-corrected chi connectivity index (χ0v) is 11.5. The molecule has 7 heteroatoms. The molecule has 3 nitrogen and oxygen atoms in total. The molecule has 0 amide bonds. The zero-order valence-electron chi connectivity index (χ0n) is 9.87. The maximum Gasteiger partial charge on any atom is 0.205 e. The Bertz CT molecular complexity index is 809. The molecule has 3 aromatic rings. The van der Waals surface area contributed by atoms with E-state index in [-0.39, 0.29) is 16.1 Å². The van der Waals surface area contributed by atoms with Crippen LogP contribution < -0.4 is 5.73 Å². The second-order valence-electron chi connectivity index (χ2n) is 4.19. The summed E-state index contributed by atoms with van der Waals surface area (Å²) >= 11 is 3.04. The number of hydrogen-bond donors (Lipinski definition) is 1. The average molecular weight is 342 g/mol. The largest absolute Gasteiger partial charge is 0.369 e. The van der Waals surface area contributed by atoms with Gasteiger partial charge in [-0.05, 0) is 34.1 Å². The molecule has 2 aromatic carbocycles. The van der Waals surface area contributed by atoms with Crippen LogP contribution >= 0.6 is 15.9 Å². The molecule has 0 atom stereocenters. The summed E-state index contributed by atoms with van der Waals surface area (Å²) in [7, 11) is 0. The number of nitrogens with two attached hydrogens (primary N) is 1. The molecule has 0 spiro atoms. The first-order valence-electron chi connectivity index (χ1n) is 5.55. The SMILES string of the molecule is Nc1nc2cc(Br)c(F)cc2n1-c1cc(F)cc(F)c1. The van der Waals surface area contributed by atoms with Crippen molar-refractivity contribution < 1.29 is 13.2 Å². The van der Waals surface area contributed by atoms with E-state index in [1.807, 2.05) is 0 Å². The molecule has 20 heavy (non-hydrogen) atoms. The van der Waals surface area contributed by atoms with E-state index in [4.69, 9.17) is 5.73 Å². The number of rotatable bonds is 1. The maximum absolute atomic E-state index is 13.6. The fourth-order valence-corrected chi connectivity index (χ4v) is 2.36. The Balaban J connectivity index is 2.35. The van der Waals surface area contributed by atoms with Crippen LogP contribution in [0.25, 0.3) is 16.7 Å². The Labute approximate surface area is 120 Å². The van der Waals surface area contributed by atoms with Crippen LogP contribution in [0.3, 0.4) is 0 Å². The highest BCUT2D eigenvalue weighted by Crippen LogP contribution is 2.28. The monoisotopic (exact) mass is 341 g/mol. The van der Waals surface area contributed by atoms with E-state index in [1.54, 1.807) is 0 Å². The number of benzene rings is 2. The number of hydrogen-bond acceptors (Lipinski definition) is 2. The summed E-state index contributed by atoms with van der Waals surface area (Å²) in [6.07, 6.45) is 0. The minimum absolute atomic E-state index is 0.0162. The number of fused-ring (bicyclic) bond motifs is 1. The normalized spacial score (nSPS) is 11.2. The molecule has 1 aromatic heterocycles. The van der Waals surface area contributed by atoms with Crippen LogP contribution in [0.5, 0.6) is 0 Å². The van der Waals surface area contributed by atoms with Gasteiger partial charge >= 0.3 is 0 Å². The molecule has 0 aliphatic heterocycles. The first-order chi connectivity index (χ1) is 9.45. The maximum atomic E-state index is 13.6. The average Bonchev–Trinajstić information content (AvgIpc) is 2.64. The van der Waals surface area contributed by atoms with Crippen LogP contribution in [0.15, 0.2) is 34.8 Å². The molecule has 0 saturated heterocycles. The third kappa shape index (κ3) is 2.03. The third-order valence-electron chi connectivity index (χ3n) is 2.83. The molecule has 0 bridgehead atoms. The van der Waals surface area contributed by atoms with E-state index >= 15 is 0 Å². The zero-order chi connectivity index (χ0) is 14.4. The van der Waals surface area contributed by atoms with Crippen molar-refractivity contribution in [1.82, 2.24) is 9.55 Å². The quantitative estimate of drug-likeness (QED) is 0.731. The summed E-state index contributed by atoms with van der Waals surface area (Å²) in [5.41, 5.74) is 6.64. The lowest BCUT2D eigenvalue weighted by atomic mass is 10.2. The molecular weight excluding hydrogens is 335 g/mol. The fourth-order valence-electron chi connectivity index (χ4n) is 2.03. The van der Waals surface area contributed by atoms with Gasteiger partial charge < -0.3 is 5.73 Å². The molecule has 2 N–H and O–H groups in total. The minimum Gasteiger partial charge on any atom is -0.369 e. The lowest BCUT2D eigenvalue weighted by Gasteiger charge is -2.07. The Morgan fingerprint density at radius 2 is 1.65 bits per heavy atom. The second-order valence-corrected chi connectivity index (χ2v) is 5.04. The Morgan fingerprint density at radius 3 is 2.30 bits per heavy atom. The van der Waals surface area contributed by atoms with Crippen LogP contribution in [-0.2, 0) is 0 Å². The molecule has 0 aliphatic rings. The van der Waals surface area contributed by atoms with E-state index < -0.39 is 17.5 Å². The molecule has 3 rings (SSSR count). The number of halogens is 4. The van der Waals surface area contributed by atoms with Gasteiger partial charge in [0.25, 0.3) is 0 Å². The van der Waals surface area contributed by atoms with Gasteiger partial charge in [-0.25, -0.2) is 18.2 Å². The van der Waals surface area contributed by atoms with Crippen molar-refractivity contribution in [3.8, 4) is 5.69 Å². The number of imidazole rings is 1. The molecule has 0 unspecified atom stereocenters. The standard InChI is InChI=1S/C13H7BrF3N3/c14-9-4-11-12(5-10(9)17)20(13(18)19-11)8-2-6(15)1-7(16)3-8/h1-5H,(H2,18,19). The van der Waals surface area contributed by atoms with Gasteiger partial charge in [0.15, 0.2) is 0 Å². The summed E-state index contributed by atoms with van der Waals surface area (Å²) < 4.78 is 41.8. The predicted molar refractivity (Wildman–Crippen MR) is 73.1 cm³/mol. The van der Waals surface area contributed by atoms with Gasteiger partial charge in [-0.3, -0.25) is 4.57 Å². The van der Waals surface area contributed by atoms with Gasteiger partial charge in [0.05, 0.1) is 21.2 Å². The van der Waals surface area contributed by atoms with Gasteiger partial charge in [0.2, 0.25) is 5.95 Å². The van der Waals surface area contributed by atoms with Crippen LogP contribution in [-0.4, -0.2) is 9.55 Å². The Hall–Kier alpha value is -2.02. The highest BCUT2D eigenvalue weighted by Gasteiger charge is 2.14. The van der Waals surface area contributed by atoms with Crippen molar-refractivity contribution in [2.75, 3.05) is 5.73 Å². The van der Waals surface area contributed by atoms with Crippen molar-refractivity contribution in [3.63, 3.8) is 0 Å². The molecule has 0 radical (unpaired) electrons. The Kier molecular flexibility index (Phi) is 2.93. The second kappa shape index (κ2) is 4.52.